The summed E-state index contributed by atoms with van der Waals surface area (Å²) in [5, 5.41) is 21.9. The Labute approximate surface area is 201 Å². The molecule has 35 heavy (non-hydrogen) atoms. The number of imidazole rings is 1. The van der Waals surface area contributed by atoms with Gasteiger partial charge in [-0.25, -0.2) is 5.10 Å². The van der Waals surface area contributed by atoms with Crippen LogP contribution in [-0.4, -0.2) is 41.8 Å². The minimum atomic E-state index is -1.00. The van der Waals surface area contributed by atoms with Gasteiger partial charge in [0.15, 0.2) is 5.43 Å². The number of rotatable bonds is 5. The number of amides is 1. The molecule has 0 atom stereocenters. The molecule has 1 aliphatic carbocycles. The average Bonchev–Trinajstić information content (AvgIpc) is 3.16. The number of fused-ring (bicyclic) bond motifs is 2. The highest BCUT2D eigenvalue weighted by Crippen LogP contribution is 2.34. The van der Waals surface area contributed by atoms with E-state index in [2.05, 4.69) is 15.5 Å². The molecular weight excluding hydrogens is 446 g/mol. The summed E-state index contributed by atoms with van der Waals surface area (Å²) in [7, 11) is 0. The fourth-order valence-electron chi connectivity index (χ4n) is 5.10. The second kappa shape index (κ2) is 8.81. The van der Waals surface area contributed by atoms with Gasteiger partial charge in [-0.05, 0) is 45.6 Å². The van der Waals surface area contributed by atoms with Crippen molar-refractivity contribution in [1.82, 2.24) is 24.5 Å². The third-order valence-corrected chi connectivity index (χ3v) is 6.70. The maximum Gasteiger partial charge on any atom is 0.272 e. The molecule has 182 valence electrons. The first-order chi connectivity index (χ1) is 16.7. The third-order valence-electron chi connectivity index (χ3n) is 6.70. The molecule has 3 heterocycles. The molecule has 0 bridgehead atoms. The second-order valence-electron chi connectivity index (χ2n) is 10.1. The first-order valence-corrected chi connectivity index (χ1v) is 11.9. The van der Waals surface area contributed by atoms with Gasteiger partial charge in [0.2, 0.25) is 0 Å². The van der Waals surface area contributed by atoms with E-state index in [0.717, 1.165) is 36.8 Å². The molecule has 3 aromatic heterocycles. The van der Waals surface area contributed by atoms with E-state index in [1.807, 2.05) is 24.3 Å². The van der Waals surface area contributed by atoms with Crippen LogP contribution in [-0.2, 0) is 6.54 Å². The molecule has 1 saturated carbocycles. The summed E-state index contributed by atoms with van der Waals surface area (Å²) in [5.41, 5.74) is 0.537. The Kier molecular flexibility index (Phi) is 5.80. The molecule has 5 rings (SSSR count). The number of hydrogen-bond donors (Lipinski definition) is 3. The topological polar surface area (TPSA) is 121 Å². The first kappa shape index (κ1) is 23.0. The van der Waals surface area contributed by atoms with Crippen LogP contribution in [0, 0.1) is 0 Å². The van der Waals surface area contributed by atoms with Crippen LogP contribution < -0.4 is 16.3 Å². The molecule has 9 nitrogen and oxygen atoms in total. The Hall–Kier alpha value is -3.72. The number of aromatic amines is 1. The van der Waals surface area contributed by atoms with Crippen molar-refractivity contribution in [3.63, 3.8) is 0 Å². The summed E-state index contributed by atoms with van der Waals surface area (Å²) in [6.07, 6.45) is 6.57. The summed E-state index contributed by atoms with van der Waals surface area (Å²) in [5.74, 6) is -0.00679. The minimum absolute atomic E-state index is 0.0137. The van der Waals surface area contributed by atoms with Crippen LogP contribution in [0.15, 0.2) is 58.4 Å². The zero-order valence-corrected chi connectivity index (χ0v) is 19.8. The van der Waals surface area contributed by atoms with Crippen LogP contribution in [0.25, 0.3) is 16.4 Å². The van der Waals surface area contributed by atoms with Gasteiger partial charge in [0, 0.05) is 41.9 Å². The van der Waals surface area contributed by atoms with E-state index in [4.69, 9.17) is 0 Å². The highest BCUT2D eigenvalue weighted by molar-refractivity contribution is 5.93. The maximum atomic E-state index is 13.2. The van der Waals surface area contributed by atoms with E-state index in [0.29, 0.717) is 16.7 Å². The Morgan fingerprint density at radius 3 is 2.57 bits per heavy atom. The fraction of sp³-hybridized carbons (Fsp3) is 0.385. The van der Waals surface area contributed by atoms with Crippen LogP contribution in [0.4, 0.5) is 0 Å². The van der Waals surface area contributed by atoms with Crippen LogP contribution in [0.2, 0.25) is 0 Å². The standard InChI is InChI=1S/C26H29N5O4/c1-26(2,35)15-30-14-21(31-12-11-18(32)13-22(30)31)25(34)27-17-9-7-16(8-10-17)23-19-5-3-4-6-20(19)24(33)29-28-23/h3-6,11-14,16-17,35H,7-10,15H2,1-2H3,(H,27,34)(H,29,33)/t16-,17-. The molecule has 0 unspecified atom stereocenters. The first-order valence-electron chi connectivity index (χ1n) is 11.9. The second-order valence-corrected chi connectivity index (χ2v) is 10.1. The van der Waals surface area contributed by atoms with E-state index in [1.165, 1.54) is 12.1 Å². The van der Waals surface area contributed by atoms with Crippen molar-refractivity contribution in [1.29, 1.82) is 0 Å². The van der Waals surface area contributed by atoms with Gasteiger partial charge >= 0.3 is 0 Å². The molecule has 1 fully saturated rings. The van der Waals surface area contributed by atoms with Gasteiger partial charge in [0.05, 0.1) is 23.2 Å². The molecule has 4 aromatic rings. The molecule has 0 spiro atoms. The quantitative estimate of drug-likeness (QED) is 0.410. The number of nitrogens with zero attached hydrogens (tertiary/aromatic N) is 3. The number of pyridine rings is 1. The largest absolute Gasteiger partial charge is 0.389 e. The number of carbonyl (C=O) groups excluding carboxylic acids is 1. The van der Waals surface area contributed by atoms with Crippen molar-refractivity contribution in [2.45, 2.75) is 63.6 Å². The van der Waals surface area contributed by atoms with Crippen molar-refractivity contribution >= 4 is 22.3 Å². The van der Waals surface area contributed by atoms with Gasteiger partial charge in [0.1, 0.15) is 11.3 Å². The number of H-pyrrole nitrogens is 1. The normalized spacial score (nSPS) is 18.7. The number of benzene rings is 1. The molecule has 0 aliphatic heterocycles. The van der Waals surface area contributed by atoms with Gasteiger partial charge in [-0.2, -0.15) is 5.10 Å². The van der Waals surface area contributed by atoms with E-state index in [9.17, 15) is 19.5 Å². The number of carbonyl (C=O) groups is 1. The molecule has 1 aliphatic rings. The highest BCUT2D eigenvalue weighted by Gasteiger charge is 2.27. The summed E-state index contributed by atoms with van der Waals surface area (Å²) < 4.78 is 3.42. The van der Waals surface area contributed by atoms with E-state index in [-0.39, 0.29) is 35.4 Å². The van der Waals surface area contributed by atoms with E-state index >= 15 is 0 Å². The summed E-state index contributed by atoms with van der Waals surface area (Å²) in [4.78, 5) is 37.3. The zero-order valence-electron chi connectivity index (χ0n) is 19.8. The van der Waals surface area contributed by atoms with Gasteiger partial charge in [-0.3, -0.25) is 18.8 Å². The number of aromatic nitrogens is 4. The van der Waals surface area contributed by atoms with Crippen molar-refractivity contribution in [3.05, 3.63) is 80.8 Å². The van der Waals surface area contributed by atoms with Crippen molar-refractivity contribution in [2.75, 3.05) is 0 Å². The average molecular weight is 476 g/mol. The lowest BCUT2D eigenvalue weighted by atomic mass is 9.82. The summed E-state index contributed by atoms with van der Waals surface area (Å²) in [6.45, 7) is 3.62. The van der Waals surface area contributed by atoms with Crippen molar-refractivity contribution < 1.29 is 9.90 Å². The minimum Gasteiger partial charge on any atom is -0.389 e. The molecular formula is C26H29N5O4. The molecule has 0 radical (unpaired) electrons. The SMILES string of the molecule is CC(C)(O)Cn1cc(C(=O)N[C@H]2CC[C@H](c3n[nH]c(=O)c4ccccc43)CC2)n2ccc(=O)cc12. The number of aliphatic hydroxyl groups is 1. The monoisotopic (exact) mass is 475 g/mol. The lowest BCUT2D eigenvalue weighted by Gasteiger charge is -2.29. The molecule has 9 heteroatoms. The zero-order chi connectivity index (χ0) is 24.7. The molecule has 3 N–H and O–H groups in total. The van der Waals surface area contributed by atoms with Crippen molar-refractivity contribution in [2.24, 2.45) is 0 Å². The third kappa shape index (κ3) is 4.64. The molecule has 1 aromatic carbocycles. The van der Waals surface area contributed by atoms with Gasteiger partial charge in [-0.1, -0.05) is 18.2 Å². The molecule has 1 amide bonds. The summed E-state index contributed by atoms with van der Waals surface area (Å²) in [6, 6.07) is 10.4. The Bertz CT molecular complexity index is 1520. The fourth-order valence-corrected chi connectivity index (χ4v) is 5.10. The van der Waals surface area contributed by atoms with Gasteiger partial charge in [-0.15, -0.1) is 0 Å². The number of nitrogens with one attached hydrogen (secondary N) is 2. The van der Waals surface area contributed by atoms with Gasteiger partial charge < -0.3 is 15.0 Å². The predicted octanol–water partition coefficient (Wildman–Crippen LogP) is 2.56. The van der Waals surface area contributed by atoms with Crippen LogP contribution >= 0.6 is 0 Å². The molecule has 0 saturated heterocycles. The van der Waals surface area contributed by atoms with Crippen molar-refractivity contribution in [3.8, 4) is 0 Å². The summed E-state index contributed by atoms with van der Waals surface area (Å²) >= 11 is 0. The van der Waals surface area contributed by atoms with E-state index < -0.39 is 5.60 Å². The highest BCUT2D eigenvalue weighted by atomic mass is 16.3. The van der Waals surface area contributed by atoms with E-state index in [1.54, 1.807) is 35.2 Å². The Morgan fingerprint density at radius 1 is 1.14 bits per heavy atom. The van der Waals surface area contributed by atoms with Crippen LogP contribution in [0.1, 0.15) is 61.6 Å². The Balaban J connectivity index is 1.32. The lowest BCUT2D eigenvalue weighted by Crippen LogP contribution is -2.38. The predicted molar refractivity (Wildman–Crippen MR) is 133 cm³/mol. The Morgan fingerprint density at radius 2 is 1.86 bits per heavy atom. The number of hydrogen-bond acceptors (Lipinski definition) is 5. The smallest absolute Gasteiger partial charge is 0.272 e. The van der Waals surface area contributed by atoms with Gasteiger partial charge in [0.25, 0.3) is 11.5 Å². The van der Waals surface area contributed by atoms with Crippen LogP contribution in [0.5, 0.6) is 0 Å². The van der Waals surface area contributed by atoms with Crippen LogP contribution in [0.3, 0.4) is 0 Å². The lowest BCUT2D eigenvalue weighted by molar-refractivity contribution is 0.0626. The maximum absolute atomic E-state index is 13.2.